The van der Waals surface area contributed by atoms with Gasteiger partial charge in [-0.15, -0.1) is 11.3 Å². The van der Waals surface area contributed by atoms with Gasteiger partial charge in [0.2, 0.25) is 0 Å². The van der Waals surface area contributed by atoms with Crippen LogP contribution in [0.3, 0.4) is 0 Å². The van der Waals surface area contributed by atoms with Gasteiger partial charge in [-0.3, -0.25) is 19.1 Å². The first kappa shape index (κ1) is 24.6. The lowest BCUT2D eigenvalue weighted by Gasteiger charge is -2.20. The number of nitrogens with zero attached hydrogens (tertiary/aromatic N) is 3. The van der Waals surface area contributed by atoms with Crippen molar-refractivity contribution < 1.29 is 13.2 Å². The summed E-state index contributed by atoms with van der Waals surface area (Å²) in [7, 11) is -4.04. The van der Waals surface area contributed by atoms with E-state index in [1.54, 1.807) is 23.5 Å². The zero-order chi connectivity index (χ0) is 24.5. The van der Waals surface area contributed by atoms with E-state index in [-0.39, 0.29) is 10.5 Å². The fraction of sp³-hybridized carbons (Fsp3) is 0.458. The molecule has 0 unspecified atom stereocenters. The molecule has 2 heterocycles. The molecule has 0 aliphatic heterocycles. The number of carbonyl (C=O) groups excluding carboxylic acids is 1. The highest BCUT2D eigenvalue weighted by atomic mass is 32.2. The fourth-order valence-corrected chi connectivity index (χ4v) is 6.56. The molecule has 0 radical (unpaired) electrons. The van der Waals surface area contributed by atoms with E-state index in [0.717, 1.165) is 49.9 Å². The zero-order valence-corrected chi connectivity index (χ0v) is 21.4. The monoisotopic (exact) mass is 502 g/mol. The summed E-state index contributed by atoms with van der Waals surface area (Å²) in [5, 5.41) is 0.581. The molecule has 4 rings (SSSR count). The van der Waals surface area contributed by atoms with Crippen LogP contribution < -0.4 is 10.3 Å². The van der Waals surface area contributed by atoms with Gasteiger partial charge >= 0.3 is 0 Å². The van der Waals surface area contributed by atoms with Gasteiger partial charge in [0.15, 0.2) is 0 Å². The molecule has 1 aliphatic rings. The summed E-state index contributed by atoms with van der Waals surface area (Å²) in [5.41, 5.74) is 1.69. The molecule has 8 nitrogen and oxygen atoms in total. The number of aromatic nitrogens is 2. The van der Waals surface area contributed by atoms with Crippen molar-refractivity contribution in [2.75, 3.05) is 13.1 Å². The first-order valence-corrected chi connectivity index (χ1v) is 13.9. The molecular formula is C24H30N4O4S2. The quantitative estimate of drug-likeness (QED) is 0.508. The molecule has 0 atom stereocenters. The van der Waals surface area contributed by atoms with Crippen LogP contribution in [-0.4, -0.2) is 41.9 Å². The first-order valence-electron chi connectivity index (χ1n) is 11.6. The molecule has 10 heteroatoms. The van der Waals surface area contributed by atoms with Crippen LogP contribution in [0.1, 0.15) is 48.5 Å². The smallest absolute Gasteiger partial charge is 0.264 e. The molecule has 0 bridgehead atoms. The van der Waals surface area contributed by atoms with E-state index >= 15 is 0 Å². The van der Waals surface area contributed by atoms with Gasteiger partial charge in [0.1, 0.15) is 17.2 Å². The van der Waals surface area contributed by atoms with Crippen molar-refractivity contribution in [1.82, 2.24) is 19.2 Å². The summed E-state index contributed by atoms with van der Waals surface area (Å²) in [5.74, 6) is -0.295. The summed E-state index contributed by atoms with van der Waals surface area (Å²) in [6.45, 7) is 7.42. The lowest BCUT2D eigenvalue weighted by molar-refractivity contribution is -0.120. The van der Waals surface area contributed by atoms with Crippen LogP contribution >= 0.6 is 11.3 Å². The van der Waals surface area contributed by atoms with Crippen LogP contribution in [0.25, 0.3) is 10.2 Å². The molecule has 1 aromatic carbocycles. The van der Waals surface area contributed by atoms with Gasteiger partial charge in [0.05, 0.1) is 16.8 Å². The minimum atomic E-state index is -4.04. The van der Waals surface area contributed by atoms with Crippen LogP contribution in [0, 0.1) is 6.92 Å². The lowest BCUT2D eigenvalue weighted by Crippen LogP contribution is -2.38. The Morgan fingerprint density at radius 1 is 1.15 bits per heavy atom. The van der Waals surface area contributed by atoms with Crippen molar-refractivity contribution in [1.29, 1.82) is 0 Å². The lowest BCUT2D eigenvalue weighted by atomic mass is 9.97. The Bertz CT molecular complexity index is 1370. The van der Waals surface area contributed by atoms with Crippen molar-refractivity contribution in [3.8, 4) is 0 Å². The predicted octanol–water partition coefficient (Wildman–Crippen LogP) is 2.99. The summed E-state index contributed by atoms with van der Waals surface area (Å²) in [4.78, 5) is 35.3. The number of sulfonamides is 1. The number of hydrogen-bond donors (Lipinski definition) is 1. The highest BCUT2D eigenvalue weighted by Gasteiger charge is 2.25. The second-order valence-corrected chi connectivity index (χ2v) is 11.4. The molecule has 0 spiro atoms. The maximum Gasteiger partial charge on any atom is 0.264 e. The van der Waals surface area contributed by atoms with Crippen molar-refractivity contribution >= 4 is 37.5 Å². The van der Waals surface area contributed by atoms with E-state index in [0.29, 0.717) is 22.6 Å². The SMILES string of the molecule is CCN(CC)Cc1nc2sc3c(c2c(=O)n1CC(=O)NS(=O)(=O)c1ccc(C)cc1)CCCC3. The summed E-state index contributed by atoms with van der Waals surface area (Å²) < 4.78 is 28.9. The molecule has 1 aliphatic carbocycles. The number of nitrogens with one attached hydrogen (secondary N) is 1. The van der Waals surface area contributed by atoms with Crippen molar-refractivity contribution in [3.63, 3.8) is 0 Å². The van der Waals surface area contributed by atoms with E-state index in [1.807, 2.05) is 20.8 Å². The molecule has 34 heavy (non-hydrogen) atoms. The molecule has 0 saturated carbocycles. The average Bonchev–Trinajstić information content (AvgIpc) is 3.18. The number of thiophene rings is 1. The normalized spacial score (nSPS) is 13.9. The zero-order valence-electron chi connectivity index (χ0n) is 19.8. The predicted molar refractivity (Wildman–Crippen MR) is 134 cm³/mol. The third kappa shape index (κ3) is 4.94. The Hall–Kier alpha value is -2.56. The van der Waals surface area contributed by atoms with Gasteiger partial charge in [0.25, 0.3) is 21.5 Å². The standard InChI is InChI=1S/C24H30N4O4S2/c1-4-27(5-2)14-20-25-23-22(18-8-6-7-9-19(18)33-23)24(30)28(20)15-21(29)26-34(31,32)17-12-10-16(3)11-13-17/h10-13H,4-9,14-15H2,1-3H3,(H,26,29). The van der Waals surface area contributed by atoms with Gasteiger partial charge < -0.3 is 0 Å². The molecule has 0 saturated heterocycles. The van der Waals surface area contributed by atoms with E-state index in [9.17, 15) is 18.0 Å². The maximum absolute atomic E-state index is 13.6. The summed E-state index contributed by atoms with van der Waals surface area (Å²) in [6.07, 6.45) is 3.89. The van der Waals surface area contributed by atoms with Gasteiger partial charge in [-0.2, -0.15) is 0 Å². The highest BCUT2D eigenvalue weighted by molar-refractivity contribution is 7.90. The third-order valence-electron chi connectivity index (χ3n) is 6.29. The average molecular weight is 503 g/mol. The minimum absolute atomic E-state index is 0.00245. The van der Waals surface area contributed by atoms with E-state index in [2.05, 4.69) is 9.62 Å². The summed E-state index contributed by atoms with van der Waals surface area (Å²) in [6, 6.07) is 6.24. The van der Waals surface area contributed by atoms with E-state index in [1.165, 1.54) is 21.6 Å². The molecule has 1 N–H and O–H groups in total. The molecule has 0 fully saturated rings. The highest BCUT2D eigenvalue weighted by Crippen LogP contribution is 2.33. The largest absolute Gasteiger partial charge is 0.297 e. The topological polar surface area (TPSA) is 101 Å². The Balaban J connectivity index is 1.72. The maximum atomic E-state index is 13.6. The van der Waals surface area contributed by atoms with Gasteiger partial charge in [0, 0.05) is 4.88 Å². The van der Waals surface area contributed by atoms with Gasteiger partial charge in [-0.05, 0) is 63.4 Å². The number of aryl methyl sites for hydroxylation is 3. The molecule has 2 aromatic heterocycles. The number of hydrogen-bond acceptors (Lipinski definition) is 7. The van der Waals surface area contributed by atoms with Crippen LogP contribution in [0.5, 0.6) is 0 Å². The third-order valence-corrected chi connectivity index (χ3v) is 8.87. The first-order chi connectivity index (χ1) is 16.2. The van der Waals surface area contributed by atoms with Gasteiger partial charge in [-0.25, -0.2) is 18.1 Å². The molecular weight excluding hydrogens is 472 g/mol. The Morgan fingerprint density at radius 2 is 1.82 bits per heavy atom. The molecule has 3 aromatic rings. The van der Waals surface area contributed by atoms with Gasteiger partial charge in [-0.1, -0.05) is 31.5 Å². The number of rotatable bonds is 8. The second-order valence-electron chi connectivity index (χ2n) is 8.61. The Labute approximate surface area is 203 Å². The number of carbonyl (C=O) groups is 1. The van der Waals surface area contributed by atoms with Crippen LogP contribution in [-0.2, 0) is 40.7 Å². The number of amides is 1. The number of fused-ring (bicyclic) bond motifs is 3. The Kier molecular flexibility index (Phi) is 7.20. The number of benzene rings is 1. The molecule has 1 amide bonds. The van der Waals surface area contributed by atoms with E-state index < -0.39 is 22.5 Å². The summed E-state index contributed by atoms with van der Waals surface area (Å²) >= 11 is 1.57. The van der Waals surface area contributed by atoms with Crippen LogP contribution in [0.4, 0.5) is 0 Å². The van der Waals surface area contributed by atoms with Crippen molar-refractivity contribution in [2.45, 2.75) is 64.4 Å². The minimum Gasteiger partial charge on any atom is -0.297 e. The Morgan fingerprint density at radius 3 is 2.50 bits per heavy atom. The fourth-order valence-electron chi connectivity index (χ4n) is 4.31. The second kappa shape index (κ2) is 9.97. The van der Waals surface area contributed by atoms with Crippen molar-refractivity contribution in [2.24, 2.45) is 0 Å². The van der Waals surface area contributed by atoms with Crippen LogP contribution in [0.15, 0.2) is 34.0 Å². The van der Waals surface area contributed by atoms with E-state index in [4.69, 9.17) is 4.98 Å². The van der Waals surface area contributed by atoms with Crippen molar-refractivity contribution in [3.05, 3.63) is 56.4 Å². The molecule has 182 valence electrons. The van der Waals surface area contributed by atoms with Crippen LogP contribution in [0.2, 0.25) is 0 Å².